The molecule has 0 atom stereocenters. The van der Waals surface area contributed by atoms with Crippen LogP contribution < -0.4 is 15.5 Å². The summed E-state index contributed by atoms with van der Waals surface area (Å²) >= 11 is 3.56. The molecule has 0 aromatic heterocycles. The second-order valence-corrected chi connectivity index (χ2v) is 6.11. The molecule has 0 saturated carbocycles. The highest BCUT2D eigenvalue weighted by molar-refractivity contribution is 9.10. The zero-order chi connectivity index (χ0) is 13.0. The van der Waals surface area contributed by atoms with Gasteiger partial charge in [0.1, 0.15) is 0 Å². The first-order chi connectivity index (χ1) is 9.20. The predicted octanol–water partition coefficient (Wildman–Crippen LogP) is 3.33. The molecule has 4 rings (SSSR count). The molecule has 0 spiro atoms. The van der Waals surface area contributed by atoms with Crippen LogP contribution in [0.25, 0.3) is 0 Å². The van der Waals surface area contributed by atoms with Gasteiger partial charge < -0.3 is 15.5 Å². The van der Waals surface area contributed by atoms with E-state index < -0.39 is 0 Å². The summed E-state index contributed by atoms with van der Waals surface area (Å²) < 4.78 is 1.14. The predicted molar refractivity (Wildman–Crippen MR) is 82.2 cm³/mol. The van der Waals surface area contributed by atoms with Crippen molar-refractivity contribution in [3.63, 3.8) is 0 Å². The van der Waals surface area contributed by atoms with Gasteiger partial charge in [-0.3, -0.25) is 0 Å². The molecule has 2 heterocycles. The Morgan fingerprint density at radius 1 is 0.895 bits per heavy atom. The number of hydrogen-bond acceptors (Lipinski definition) is 3. The van der Waals surface area contributed by atoms with Crippen molar-refractivity contribution >= 4 is 33.0 Å². The number of anilines is 3. The van der Waals surface area contributed by atoms with Crippen LogP contribution in [0.15, 0.2) is 40.9 Å². The Bertz CT molecular complexity index is 611. The Morgan fingerprint density at radius 2 is 1.53 bits per heavy atom. The molecule has 3 nitrogen and oxygen atoms in total. The zero-order valence-corrected chi connectivity index (χ0v) is 12.0. The van der Waals surface area contributed by atoms with Gasteiger partial charge in [0.15, 0.2) is 0 Å². The van der Waals surface area contributed by atoms with Crippen LogP contribution >= 0.6 is 15.9 Å². The molecule has 0 fully saturated rings. The normalized spacial score (nSPS) is 16.1. The summed E-state index contributed by atoms with van der Waals surface area (Å²) in [5.41, 5.74) is 12.1. The highest BCUT2D eigenvalue weighted by atomic mass is 79.9. The zero-order valence-electron chi connectivity index (χ0n) is 10.4. The highest BCUT2D eigenvalue weighted by Gasteiger charge is 2.29. The highest BCUT2D eigenvalue weighted by Crippen LogP contribution is 2.39. The van der Waals surface area contributed by atoms with Crippen molar-refractivity contribution < 1.29 is 0 Å². The van der Waals surface area contributed by atoms with Crippen molar-refractivity contribution in [3.8, 4) is 0 Å². The third-order valence-corrected chi connectivity index (χ3v) is 4.38. The van der Waals surface area contributed by atoms with E-state index in [1.807, 2.05) is 6.07 Å². The molecule has 0 saturated heterocycles. The standard InChI is InChI=1S/C15H14BrN3/c16-12-1-3-14-10(5-12)7-18-9-19(14)8-11-6-13(17)2-4-15(11)18/h1-6H,7-9,17H2. The smallest absolute Gasteiger partial charge is 0.0910 e. The third-order valence-electron chi connectivity index (χ3n) is 3.89. The van der Waals surface area contributed by atoms with Gasteiger partial charge in [0.25, 0.3) is 0 Å². The maximum absolute atomic E-state index is 5.90. The number of nitrogens with zero attached hydrogens (tertiary/aromatic N) is 2. The lowest BCUT2D eigenvalue weighted by Gasteiger charge is -2.44. The second kappa shape index (κ2) is 3.90. The maximum atomic E-state index is 5.90. The summed E-state index contributed by atoms with van der Waals surface area (Å²) in [6, 6.07) is 12.8. The topological polar surface area (TPSA) is 32.5 Å². The van der Waals surface area contributed by atoms with E-state index in [4.69, 9.17) is 5.73 Å². The fourth-order valence-corrected chi connectivity index (χ4v) is 3.48. The Labute approximate surface area is 120 Å². The van der Waals surface area contributed by atoms with Gasteiger partial charge in [-0.15, -0.1) is 0 Å². The van der Waals surface area contributed by atoms with E-state index in [1.54, 1.807) is 0 Å². The Kier molecular flexibility index (Phi) is 2.30. The van der Waals surface area contributed by atoms with Crippen LogP contribution in [0.3, 0.4) is 0 Å². The summed E-state index contributed by atoms with van der Waals surface area (Å²) in [7, 11) is 0. The molecule has 96 valence electrons. The van der Waals surface area contributed by atoms with Gasteiger partial charge in [0.05, 0.1) is 6.67 Å². The first-order valence-electron chi connectivity index (χ1n) is 6.37. The molecule has 0 unspecified atom stereocenters. The first-order valence-corrected chi connectivity index (χ1v) is 7.17. The van der Waals surface area contributed by atoms with Gasteiger partial charge >= 0.3 is 0 Å². The van der Waals surface area contributed by atoms with Crippen molar-refractivity contribution in [1.82, 2.24) is 0 Å². The second-order valence-electron chi connectivity index (χ2n) is 5.20. The molecular weight excluding hydrogens is 302 g/mol. The molecule has 0 aliphatic carbocycles. The fraction of sp³-hybridized carbons (Fsp3) is 0.200. The van der Waals surface area contributed by atoms with E-state index in [2.05, 4.69) is 56.1 Å². The van der Waals surface area contributed by atoms with E-state index in [0.717, 1.165) is 29.9 Å². The van der Waals surface area contributed by atoms with Gasteiger partial charge in [-0.25, -0.2) is 0 Å². The number of nitrogen functional groups attached to an aromatic ring is 1. The van der Waals surface area contributed by atoms with Crippen molar-refractivity contribution in [3.05, 3.63) is 52.0 Å². The monoisotopic (exact) mass is 315 g/mol. The van der Waals surface area contributed by atoms with Gasteiger partial charge in [0, 0.05) is 34.6 Å². The molecule has 2 bridgehead atoms. The first kappa shape index (κ1) is 11.2. The Balaban J connectivity index is 1.83. The molecule has 2 N–H and O–H groups in total. The lowest BCUT2D eigenvalue weighted by atomic mass is 10.0. The van der Waals surface area contributed by atoms with E-state index in [9.17, 15) is 0 Å². The van der Waals surface area contributed by atoms with E-state index in [-0.39, 0.29) is 0 Å². The quantitative estimate of drug-likeness (QED) is 0.757. The molecule has 0 amide bonds. The van der Waals surface area contributed by atoms with Crippen LogP contribution in [-0.4, -0.2) is 6.67 Å². The summed E-state index contributed by atoms with van der Waals surface area (Å²) in [6.45, 7) is 2.86. The number of nitrogens with two attached hydrogens (primary N) is 1. The Morgan fingerprint density at radius 3 is 2.26 bits per heavy atom. The van der Waals surface area contributed by atoms with E-state index >= 15 is 0 Å². The van der Waals surface area contributed by atoms with E-state index in [1.165, 1.54) is 22.5 Å². The number of halogens is 1. The van der Waals surface area contributed by atoms with Gasteiger partial charge in [-0.2, -0.15) is 0 Å². The number of rotatable bonds is 0. The molecule has 2 aliphatic rings. The largest absolute Gasteiger partial charge is 0.399 e. The molecule has 2 aromatic carbocycles. The fourth-order valence-electron chi connectivity index (χ4n) is 3.07. The van der Waals surface area contributed by atoms with Crippen LogP contribution in [0.2, 0.25) is 0 Å². The lowest BCUT2D eigenvalue weighted by Crippen LogP contribution is -2.46. The van der Waals surface area contributed by atoms with Crippen molar-refractivity contribution in [2.75, 3.05) is 22.2 Å². The summed E-state index contributed by atoms with van der Waals surface area (Å²) in [6.07, 6.45) is 0. The van der Waals surface area contributed by atoms with Crippen LogP contribution in [-0.2, 0) is 13.1 Å². The minimum absolute atomic E-state index is 0.845. The van der Waals surface area contributed by atoms with Gasteiger partial charge in [0.2, 0.25) is 0 Å². The lowest BCUT2D eigenvalue weighted by molar-refractivity contribution is 0.651. The SMILES string of the molecule is Nc1ccc2c(c1)CN1CN2Cc2cc(Br)ccc21. The molecule has 2 aliphatic heterocycles. The minimum atomic E-state index is 0.845. The van der Waals surface area contributed by atoms with Crippen LogP contribution in [0.5, 0.6) is 0 Å². The third kappa shape index (κ3) is 1.70. The van der Waals surface area contributed by atoms with Crippen molar-refractivity contribution in [1.29, 1.82) is 0 Å². The van der Waals surface area contributed by atoms with Crippen LogP contribution in [0, 0.1) is 0 Å². The summed E-state index contributed by atoms with van der Waals surface area (Å²) in [4.78, 5) is 4.82. The van der Waals surface area contributed by atoms with Crippen LogP contribution in [0.4, 0.5) is 17.1 Å². The molecule has 19 heavy (non-hydrogen) atoms. The van der Waals surface area contributed by atoms with Crippen molar-refractivity contribution in [2.24, 2.45) is 0 Å². The van der Waals surface area contributed by atoms with E-state index in [0.29, 0.717) is 0 Å². The number of fused-ring (bicyclic) bond motifs is 6. The molecule has 2 aromatic rings. The van der Waals surface area contributed by atoms with Gasteiger partial charge in [-0.05, 0) is 47.5 Å². The van der Waals surface area contributed by atoms with Crippen LogP contribution in [0.1, 0.15) is 11.1 Å². The summed E-state index contributed by atoms with van der Waals surface area (Å²) in [5, 5.41) is 0. The average molecular weight is 316 g/mol. The number of hydrogen-bond donors (Lipinski definition) is 1. The van der Waals surface area contributed by atoms with Crippen molar-refractivity contribution in [2.45, 2.75) is 13.1 Å². The average Bonchev–Trinajstić information content (AvgIpc) is 2.37. The Hall–Kier alpha value is -1.68. The van der Waals surface area contributed by atoms with Gasteiger partial charge in [-0.1, -0.05) is 15.9 Å². The molecular formula is C15H14BrN3. The molecule has 4 heteroatoms. The molecule has 0 radical (unpaired) electrons. The maximum Gasteiger partial charge on any atom is 0.0910 e. The number of benzene rings is 2. The minimum Gasteiger partial charge on any atom is -0.399 e. The summed E-state index contributed by atoms with van der Waals surface area (Å²) in [5.74, 6) is 0.